The molecule has 1 atom stereocenters. The van der Waals surface area contributed by atoms with Crippen LogP contribution in [0, 0.1) is 5.41 Å². The molecule has 1 unspecified atom stereocenters. The third-order valence-electron chi connectivity index (χ3n) is 4.18. The normalized spacial score (nSPS) is 32.1. The van der Waals surface area contributed by atoms with Gasteiger partial charge in [-0.15, -0.1) is 0 Å². The minimum absolute atomic E-state index is 0.348. The fourth-order valence-corrected chi connectivity index (χ4v) is 3.33. The number of hydrogen-bond acceptors (Lipinski definition) is 3. The fourth-order valence-electron chi connectivity index (χ4n) is 3.33. The molecule has 3 heteroatoms. The predicted octanol–water partition coefficient (Wildman–Crippen LogP) is 1.22. The molecule has 16 heavy (non-hydrogen) atoms. The van der Waals surface area contributed by atoms with Crippen LogP contribution in [0.15, 0.2) is 0 Å². The van der Waals surface area contributed by atoms with Gasteiger partial charge in [0.15, 0.2) is 0 Å². The molecule has 2 rings (SSSR count). The van der Waals surface area contributed by atoms with Crippen molar-refractivity contribution in [3.8, 4) is 0 Å². The van der Waals surface area contributed by atoms with Gasteiger partial charge in [-0.05, 0) is 63.6 Å². The van der Waals surface area contributed by atoms with Crippen LogP contribution in [0.25, 0.3) is 0 Å². The third kappa shape index (κ3) is 3.19. The Morgan fingerprint density at radius 2 is 2.06 bits per heavy atom. The second-order valence-corrected chi connectivity index (χ2v) is 5.59. The van der Waals surface area contributed by atoms with Gasteiger partial charge in [0.2, 0.25) is 0 Å². The molecule has 0 bridgehead atoms. The van der Waals surface area contributed by atoms with E-state index in [-0.39, 0.29) is 0 Å². The van der Waals surface area contributed by atoms with Gasteiger partial charge in [-0.1, -0.05) is 0 Å². The Hall–Kier alpha value is -0.120. The summed E-state index contributed by atoms with van der Waals surface area (Å²) >= 11 is 0. The molecular weight excluding hydrogens is 200 g/mol. The van der Waals surface area contributed by atoms with Crippen molar-refractivity contribution in [3.63, 3.8) is 0 Å². The predicted molar refractivity (Wildman–Crippen MR) is 66.5 cm³/mol. The Bertz CT molecular complexity index is 197. The van der Waals surface area contributed by atoms with E-state index in [1.54, 1.807) is 0 Å². The second kappa shape index (κ2) is 5.99. The highest BCUT2D eigenvalue weighted by atomic mass is 16.2. The zero-order chi connectivity index (χ0) is 11.3. The maximum Gasteiger partial charge on any atom is 0.0431 e. The standard InChI is InChI=1S/C13H26N2O/c16-10-2-1-8-15-9-4-6-13(12-15)5-3-7-14-11-13/h14,16H,1-12H2. The van der Waals surface area contributed by atoms with Crippen LogP contribution in [-0.2, 0) is 0 Å². The SMILES string of the molecule is OCCCCN1CCCC2(CCCNC2)C1. The first-order chi connectivity index (χ1) is 7.85. The number of unbranched alkanes of at least 4 members (excludes halogenated alkanes) is 1. The van der Waals surface area contributed by atoms with Crippen molar-refractivity contribution >= 4 is 0 Å². The number of aliphatic hydroxyl groups excluding tert-OH is 1. The molecule has 2 fully saturated rings. The Morgan fingerprint density at radius 1 is 1.19 bits per heavy atom. The number of nitrogens with one attached hydrogen (secondary N) is 1. The van der Waals surface area contributed by atoms with Crippen LogP contribution in [0.4, 0.5) is 0 Å². The maximum absolute atomic E-state index is 8.81. The topological polar surface area (TPSA) is 35.5 Å². The number of nitrogens with zero attached hydrogens (tertiary/aromatic N) is 1. The Kier molecular flexibility index (Phi) is 4.62. The molecule has 2 aliphatic rings. The van der Waals surface area contributed by atoms with Gasteiger partial charge in [0.25, 0.3) is 0 Å². The smallest absolute Gasteiger partial charge is 0.0431 e. The Morgan fingerprint density at radius 3 is 2.81 bits per heavy atom. The summed E-state index contributed by atoms with van der Waals surface area (Å²) < 4.78 is 0. The molecule has 0 radical (unpaired) electrons. The molecule has 2 N–H and O–H groups in total. The van der Waals surface area contributed by atoms with Crippen LogP contribution in [0.1, 0.15) is 38.5 Å². The van der Waals surface area contributed by atoms with E-state index >= 15 is 0 Å². The lowest BCUT2D eigenvalue weighted by Gasteiger charge is -2.45. The third-order valence-corrected chi connectivity index (χ3v) is 4.18. The van der Waals surface area contributed by atoms with Crippen LogP contribution in [0.2, 0.25) is 0 Å². The van der Waals surface area contributed by atoms with E-state index in [4.69, 9.17) is 5.11 Å². The molecule has 2 saturated heterocycles. The van der Waals surface area contributed by atoms with E-state index in [0.717, 1.165) is 12.8 Å². The summed E-state index contributed by atoms with van der Waals surface area (Å²) in [7, 11) is 0. The lowest BCUT2D eigenvalue weighted by molar-refractivity contribution is 0.0628. The van der Waals surface area contributed by atoms with Crippen LogP contribution in [0.5, 0.6) is 0 Å². The lowest BCUT2D eigenvalue weighted by atomic mass is 9.74. The number of rotatable bonds is 4. The fraction of sp³-hybridized carbons (Fsp3) is 1.00. The Balaban J connectivity index is 1.78. The molecule has 1 spiro atoms. The second-order valence-electron chi connectivity index (χ2n) is 5.59. The van der Waals surface area contributed by atoms with E-state index in [1.807, 2.05) is 0 Å². The van der Waals surface area contributed by atoms with Gasteiger partial charge in [-0.25, -0.2) is 0 Å². The highest BCUT2D eigenvalue weighted by Gasteiger charge is 2.35. The highest BCUT2D eigenvalue weighted by molar-refractivity contribution is 4.91. The van der Waals surface area contributed by atoms with Gasteiger partial charge in [-0.3, -0.25) is 0 Å². The van der Waals surface area contributed by atoms with Crippen molar-refractivity contribution < 1.29 is 5.11 Å². The minimum atomic E-state index is 0.348. The van der Waals surface area contributed by atoms with E-state index in [2.05, 4.69) is 10.2 Å². The molecule has 0 aliphatic carbocycles. The molecule has 94 valence electrons. The Labute approximate surface area is 99.2 Å². The van der Waals surface area contributed by atoms with Gasteiger partial charge in [0.05, 0.1) is 0 Å². The van der Waals surface area contributed by atoms with Crippen molar-refractivity contribution in [1.29, 1.82) is 0 Å². The van der Waals surface area contributed by atoms with E-state index in [9.17, 15) is 0 Å². The van der Waals surface area contributed by atoms with E-state index < -0.39 is 0 Å². The van der Waals surface area contributed by atoms with Gasteiger partial charge in [0, 0.05) is 19.7 Å². The lowest BCUT2D eigenvalue weighted by Crippen LogP contribution is -2.51. The summed E-state index contributed by atoms with van der Waals surface area (Å²) in [5.74, 6) is 0. The van der Waals surface area contributed by atoms with Crippen LogP contribution >= 0.6 is 0 Å². The highest BCUT2D eigenvalue weighted by Crippen LogP contribution is 2.35. The summed E-state index contributed by atoms with van der Waals surface area (Å²) in [5.41, 5.74) is 0.579. The summed E-state index contributed by atoms with van der Waals surface area (Å²) in [6.07, 6.45) is 7.65. The van der Waals surface area contributed by atoms with Crippen LogP contribution in [0.3, 0.4) is 0 Å². The van der Waals surface area contributed by atoms with Crippen molar-refractivity contribution in [1.82, 2.24) is 10.2 Å². The van der Waals surface area contributed by atoms with Crippen molar-refractivity contribution in [3.05, 3.63) is 0 Å². The van der Waals surface area contributed by atoms with Crippen molar-refractivity contribution in [2.75, 3.05) is 39.3 Å². The van der Waals surface area contributed by atoms with E-state index in [1.165, 1.54) is 58.4 Å². The van der Waals surface area contributed by atoms with Crippen molar-refractivity contribution in [2.45, 2.75) is 38.5 Å². The molecule has 0 aromatic rings. The molecule has 3 nitrogen and oxygen atoms in total. The van der Waals surface area contributed by atoms with E-state index in [0.29, 0.717) is 12.0 Å². The summed E-state index contributed by atoms with van der Waals surface area (Å²) in [6, 6.07) is 0. The molecule has 0 amide bonds. The molecule has 0 aromatic carbocycles. The summed E-state index contributed by atoms with van der Waals surface area (Å²) in [4.78, 5) is 2.62. The first-order valence-electron chi connectivity index (χ1n) is 6.89. The number of likely N-dealkylation sites (tertiary alicyclic amines) is 1. The first kappa shape index (κ1) is 12.3. The minimum Gasteiger partial charge on any atom is -0.396 e. The quantitative estimate of drug-likeness (QED) is 0.708. The first-order valence-corrected chi connectivity index (χ1v) is 6.89. The van der Waals surface area contributed by atoms with Crippen LogP contribution < -0.4 is 5.32 Å². The molecule has 2 aliphatic heterocycles. The molecule has 0 saturated carbocycles. The summed E-state index contributed by atoms with van der Waals surface area (Å²) in [5, 5.41) is 12.4. The van der Waals surface area contributed by atoms with Gasteiger partial charge >= 0.3 is 0 Å². The average Bonchev–Trinajstić information content (AvgIpc) is 2.31. The zero-order valence-electron chi connectivity index (χ0n) is 10.4. The molecular formula is C13H26N2O. The molecule has 0 aromatic heterocycles. The van der Waals surface area contributed by atoms with Crippen LogP contribution in [-0.4, -0.2) is 49.3 Å². The monoisotopic (exact) mass is 226 g/mol. The van der Waals surface area contributed by atoms with Gasteiger partial charge in [0.1, 0.15) is 0 Å². The molecule has 2 heterocycles. The zero-order valence-corrected chi connectivity index (χ0v) is 10.4. The maximum atomic E-state index is 8.81. The average molecular weight is 226 g/mol. The van der Waals surface area contributed by atoms with Crippen molar-refractivity contribution in [2.24, 2.45) is 5.41 Å². The number of aliphatic hydroxyl groups is 1. The number of piperidine rings is 2. The summed E-state index contributed by atoms with van der Waals surface area (Å²) in [6.45, 7) is 6.53. The largest absolute Gasteiger partial charge is 0.396 e. The number of hydrogen-bond donors (Lipinski definition) is 2. The van der Waals surface area contributed by atoms with Gasteiger partial charge < -0.3 is 15.3 Å². The van der Waals surface area contributed by atoms with Gasteiger partial charge in [-0.2, -0.15) is 0 Å².